The van der Waals surface area contributed by atoms with Gasteiger partial charge < -0.3 is 20.3 Å². The molecule has 0 aliphatic heterocycles. The summed E-state index contributed by atoms with van der Waals surface area (Å²) in [5.41, 5.74) is 0.687. The number of hydrogen-bond acceptors (Lipinski definition) is 3. The van der Waals surface area contributed by atoms with Crippen LogP contribution in [0.3, 0.4) is 0 Å². The normalized spacial score (nSPS) is 9.86. The standard InChI is InChI=1S/C15H23N3O3/c1-4-18(5-2)15(20)16-9-10-21-14-8-6-7-13(11-14)17-12(3)19/h6-8,11H,4-5,9-10H2,1-3H3,(H,16,20)(H,17,19). The molecule has 0 saturated heterocycles. The van der Waals surface area contributed by atoms with Gasteiger partial charge >= 0.3 is 6.03 Å². The first-order valence-electron chi connectivity index (χ1n) is 7.10. The number of hydrogen-bond donors (Lipinski definition) is 2. The molecule has 0 saturated carbocycles. The Balaban J connectivity index is 2.35. The number of carbonyl (C=O) groups is 2. The highest BCUT2D eigenvalue weighted by molar-refractivity contribution is 5.88. The lowest BCUT2D eigenvalue weighted by atomic mass is 10.3. The molecule has 1 aromatic rings. The number of nitrogens with one attached hydrogen (secondary N) is 2. The molecule has 3 amide bonds. The van der Waals surface area contributed by atoms with Crippen molar-refractivity contribution in [2.75, 3.05) is 31.6 Å². The van der Waals surface area contributed by atoms with Gasteiger partial charge in [-0.15, -0.1) is 0 Å². The Labute approximate surface area is 125 Å². The fourth-order valence-electron chi connectivity index (χ4n) is 1.82. The topological polar surface area (TPSA) is 70.7 Å². The predicted octanol–water partition coefficient (Wildman–Crippen LogP) is 2.08. The number of anilines is 1. The summed E-state index contributed by atoms with van der Waals surface area (Å²) in [5, 5.41) is 5.48. The van der Waals surface area contributed by atoms with Gasteiger partial charge in [0.1, 0.15) is 12.4 Å². The molecule has 2 N–H and O–H groups in total. The van der Waals surface area contributed by atoms with Gasteiger partial charge in [-0.2, -0.15) is 0 Å². The fraction of sp³-hybridized carbons (Fsp3) is 0.467. The van der Waals surface area contributed by atoms with Crippen LogP contribution in [0, 0.1) is 0 Å². The molecule has 0 unspecified atom stereocenters. The van der Waals surface area contributed by atoms with Crippen LogP contribution in [-0.4, -0.2) is 43.1 Å². The number of amides is 3. The molecule has 0 aromatic heterocycles. The van der Waals surface area contributed by atoms with Crippen molar-refractivity contribution in [3.63, 3.8) is 0 Å². The minimum atomic E-state index is -0.126. The van der Waals surface area contributed by atoms with Crippen LogP contribution in [0.25, 0.3) is 0 Å². The third-order valence-electron chi connectivity index (χ3n) is 2.85. The molecule has 116 valence electrons. The van der Waals surface area contributed by atoms with E-state index in [1.807, 2.05) is 13.8 Å². The Bertz CT molecular complexity index is 473. The van der Waals surface area contributed by atoms with Crippen molar-refractivity contribution < 1.29 is 14.3 Å². The lowest BCUT2D eigenvalue weighted by Crippen LogP contribution is -2.41. The molecule has 0 spiro atoms. The maximum atomic E-state index is 11.7. The van der Waals surface area contributed by atoms with Crippen LogP contribution < -0.4 is 15.4 Å². The van der Waals surface area contributed by atoms with E-state index in [2.05, 4.69) is 10.6 Å². The van der Waals surface area contributed by atoms with Crippen molar-refractivity contribution in [2.45, 2.75) is 20.8 Å². The average molecular weight is 293 g/mol. The molecule has 1 aromatic carbocycles. The van der Waals surface area contributed by atoms with E-state index in [-0.39, 0.29) is 11.9 Å². The monoisotopic (exact) mass is 293 g/mol. The van der Waals surface area contributed by atoms with Gasteiger partial charge in [-0.3, -0.25) is 4.79 Å². The first-order valence-corrected chi connectivity index (χ1v) is 7.10. The Kier molecular flexibility index (Phi) is 7.08. The van der Waals surface area contributed by atoms with E-state index in [1.54, 1.807) is 29.2 Å². The zero-order valence-electron chi connectivity index (χ0n) is 12.8. The largest absolute Gasteiger partial charge is 0.492 e. The molecule has 6 nitrogen and oxygen atoms in total. The van der Waals surface area contributed by atoms with E-state index < -0.39 is 0 Å². The van der Waals surface area contributed by atoms with Crippen molar-refractivity contribution in [3.05, 3.63) is 24.3 Å². The van der Waals surface area contributed by atoms with Crippen LogP contribution in [0.15, 0.2) is 24.3 Å². The Morgan fingerprint density at radius 1 is 1.24 bits per heavy atom. The first kappa shape index (κ1) is 16.8. The molecule has 0 bridgehead atoms. The van der Waals surface area contributed by atoms with E-state index in [9.17, 15) is 9.59 Å². The van der Waals surface area contributed by atoms with E-state index in [0.29, 0.717) is 37.7 Å². The lowest BCUT2D eigenvalue weighted by molar-refractivity contribution is -0.114. The van der Waals surface area contributed by atoms with Gasteiger partial charge in [0.15, 0.2) is 0 Å². The third kappa shape index (κ3) is 6.16. The van der Waals surface area contributed by atoms with E-state index in [4.69, 9.17) is 4.74 Å². The van der Waals surface area contributed by atoms with Gasteiger partial charge in [0.25, 0.3) is 0 Å². The van der Waals surface area contributed by atoms with Gasteiger partial charge in [0, 0.05) is 31.8 Å². The molecular formula is C15H23N3O3. The van der Waals surface area contributed by atoms with E-state index >= 15 is 0 Å². The molecule has 0 aliphatic rings. The summed E-state index contributed by atoms with van der Waals surface area (Å²) in [6.45, 7) is 7.50. The number of rotatable bonds is 7. The highest BCUT2D eigenvalue weighted by atomic mass is 16.5. The maximum Gasteiger partial charge on any atom is 0.317 e. The zero-order valence-corrected chi connectivity index (χ0v) is 12.8. The molecule has 6 heteroatoms. The molecule has 1 rings (SSSR count). The van der Waals surface area contributed by atoms with Crippen molar-refractivity contribution in [1.29, 1.82) is 0 Å². The molecule has 0 fully saturated rings. The maximum absolute atomic E-state index is 11.7. The summed E-state index contributed by atoms with van der Waals surface area (Å²) < 4.78 is 5.54. The van der Waals surface area contributed by atoms with Gasteiger partial charge in [-0.05, 0) is 26.0 Å². The van der Waals surface area contributed by atoms with E-state index in [0.717, 1.165) is 0 Å². The summed E-state index contributed by atoms with van der Waals surface area (Å²) >= 11 is 0. The van der Waals surface area contributed by atoms with Crippen molar-refractivity contribution in [3.8, 4) is 5.75 Å². The quantitative estimate of drug-likeness (QED) is 0.756. The highest BCUT2D eigenvalue weighted by Gasteiger charge is 2.07. The molecular weight excluding hydrogens is 270 g/mol. The fourth-order valence-corrected chi connectivity index (χ4v) is 1.82. The van der Waals surface area contributed by atoms with Gasteiger partial charge in [0.2, 0.25) is 5.91 Å². The minimum Gasteiger partial charge on any atom is -0.492 e. The van der Waals surface area contributed by atoms with Gasteiger partial charge in [-0.25, -0.2) is 4.79 Å². The number of benzene rings is 1. The van der Waals surface area contributed by atoms with Crippen LogP contribution in [-0.2, 0) is 4.79 Å². The second-order valence-electron chi connectivity index (χ2n) is 4.46. The van der Waals surface area contributed by atoms with Crippen molar-refractivity contribution in [1.82, 2.24) is 10.2 Å². The number of nitrogens with zero attached hydrogens (tertiary/aromatic N) is 1. The Morgan fingerprint density at radius 3 is 2.57 bits per heavy atom. The van der Waals surface area contributed by atoms with Crippen molar-refractivity contribution >= 4 is 17.6 Å². The lowest BCUT2D eigenvalue weighted by Gasteiger charge is -2.19. The molecule has 21 heavy (non-hydrogen) atoms. The minimum absolute atomic E-state index is 0.0874. The van der Waals surface area contributed by atoms with Gasteiger partial charge in [-0.1, -0.05) is 6.07 Å². The van der Waals surface area contributed by atoms with Crippen LogP contribution >= 0.6 is 0 Å². The average Bonchev–Trinajstić information content (AvgIpc) is 2.44. The van der Waals surface area contributed by atoms with E-state index in [1.165, 1.54) is 6.92 Å². The third-order valence-corrected chi connectivity index (χ3v) is 2.85. The summed E-state index contributed by atoms with van der Waals surface area (Å²) in [6, 6.07) is 7.05. The predicted molar refractivity (Wildman–Crippen MR) is 82.6 cm³/mol. The molecule has 0 atom stereocenters. The highest BCUT2D eigenvalue weighted by Crippen LogP contribution is 2.16. The smallest absolute Gasteiger partial charge is 0.317 e. The first-order chi connectivity index (χ1) is 10.1. The summed E-state index contributed by atoms with van der Waals surface area (Å²) in [4.78, 5) is 24.4. The SMILES string of the molecule is CCN(CC)C(=O)NCCOc1cccc(NC(C)=O)c1. The zero-order chi connectivity index (χ0) is 15.7. The number of carbonyl (C=O) groups excluding carboxylic acids is 2. The molecule has 0 aliphatic carbocycles. The van der Waals surface area contributed by atoms with Crippen molar-refractivity contribution in [2.24, 2.45) is 0 Å². The molecule has 0 heterocycles. The Hall–Kier alpha value is -2.24. The number of urea groups is 1. The summed E-state index contributed by atoms with van der Waals surface area (Å²) in [6.07, 6.45) is 0. The molecule has 0 radical (unpaired) electrons. The second-order valence-corrected chi connectivity index (χ2v) is 4.46. The summed E-state index contributed by atoms with van der Waals surface area (Å²) in [7, 11) is 0. The second kappa shape index (κ2) is 8.84. The van der Waals surface area contributed by atoms with Crippen LogP contribution in [0.4, 0.5) is 10.5 Å². The van der Waals surface area contributed by atoms with Crippen LogP contribution in [0.2, 0.25) is 0 Å². The van der Waals surface area contributed by atoms with Crippen LogP contribution in [0.1, 0.15) is 20.8 Å². The Morgan fingerprint density at radius 2 is 1.95 bits per heavy atom. The van der Waals surface area contributed by atoms with Crippen LogP contribution in [0.5, 0.6) is 5.75 Å². The summed E-state index contributed by atoms with van der Waals surface area (Å²) in [5.74, 6) is 0.525. The van der Waals surface area contributed by atoms with Gasteiger partial charge in [0.05, 0.1) is 6.54 Å². The number of ether oxygens (including phenoxy) is 1.